The van der Waals surface area contributed by atoms with Crippen LogP contribution in [0.2, 0.25) is 0 Å². The van der Waals surface area contributed by atoms with Gasteiger partial charge in [0, 0.05) is 57.3 Å². The van der Waals surface area contributed by atoms with Crippen molar-refractivity contribution in [1.29, 1.82) is 0 Å². The Morgan fingerprint density at radius 1 is 1.25 bits per heavy atom. The van der Waals surface area contributed by atoms with E-state index in [4.69, 9.17) is 9.47 Å². The number of hydrogen-bond donors (Lipinski definition) is 0. The highest BCUT2D eigenvalue weighted by Crippen LogP contribution is 2.55. The largest absolute Gasteiger partial charge is 0.379 e. The third-order valence-corrected chi connectivity index (χ3v) is 8.00. The molecule has 4 aliphatic heterocycles. The lowest BCUT2D eigenvalue weighted by molar-refractivity contribution is 0.00252. The van der Waals surface area contributed by atoms with Crippen molar-refractivity contribution in [3.8, 4) is 0 Å². The molecule has 5 rings (SSSR count). The molecule has 5 heterocycles. The van der Waals surface area contributed by atoms with Crippen LogP contribution in [0.3, 0.4) is 0 Å². The van der Waals surface area contributed by atoms with Gasteiger partial charge in [-0.2, -0.15) is 0 Å². The van der Waals surface area contributed by atoms with Crippen molar-refractivity contribution in [2.45, 2.75) is 38.0 Å². The van der Waals surface area contributed by atoms with Gasteiger partial charge in [0.2, 0.25) is 0 Å². The monoisotopic (exact) mass is 444 g/mol. The summed E-state index contributed by atoms with van der Waals surface area (Å²) >= 11 is 0. The first-order chi connectivity index (χ1) is 15.4. The Bertz CT molecular complexity index is 925. The molecule has 176 valence electrons. The molecule has 1 spiro atoms. The number of ether oxygens (including phenoxy) is 2. The van der Waals surface area contributed by atoms with Crippen molar-refractivity contribution in [3.05, 3.63) is 33.7 Å². The molecule has 1 aromatic rings. The van der Waals surface area contributed by atoms with Gasteiger partial charge in [-0.05, 0) is 45.5 Å². The maximum Gasteiger partial charge on any atom is 0.263 e. The molecule has 1 amide bonds. The lowest BCUT2D eigenvalue weighted by Gasteiger charge is -2.30. The smallest absolute Gasteiger partial charge is 0.263 e. The first-order valence-corrected chi connectivity index (χ1v) is 12.0. The lowest BCUT2D eigenvalue weighted by Crippen LogP contribution is -2.41. The maximum absolute atomic E-state index is 13.6. The van der Waals surface area contributed by atoms with Gasteiger partial charge in [-0.25, -0.2) is 0 Å². The van der Waals surface area contributed by atoms with Gasteiger partial charge < -0.3 is 23.8 Å². The van der Waals surface area contributed by atoms with E-state index in [0.29, 0.717) is 43.1 Å². The van der Waals surface area contributed by atoms with E-state index in [1.807, 2.05) is 24.1 Å². The molecule has 4 atom stereocenters. The molecule has 4 aliphatic rings. The number of rotatable bonds is 6. The average molecular weight is 445 g/mol. The lowest BCUT2D eigenvalue weighted by atomic mass is 9.73. The van der Waals surface area contributed by atoms with Gasteiger partial charge in [0.15, 0.2) is 0 Å². The predicted octanol–water partition coefficient (Wildman–Crippen LogP) is 0.670. The second-order valence-electron chi connectivity index (χ2n) is 10.3. The fraction of sp³-hybridized carbons (Fsp3) is 0.750. The van der Waals surface area contributed by atoms with Crippen molar-refractivity contribution in [2.24, 2.45) is 11.8 Å². The van der Waals surface area contributed by atoms with E-state index in [-0.39, 0.29) is 17.1 Å². The molecule has 0 unspecified atom stereocenters. The zero-order valence-corrected chi connectivity index (χ0v) is 19.6. The van der Waals surface area contributed by atoms with Crippen LogP contribution in [0, 0.1) is 18.8 Å². The Morgan fingerprint density at radius 3 is 2.78 bits per heavy atom. The summed E-state index contributed by atoms with van der Waals surface area (Å²) in [6.45, 7) is 8.78. The topological polar surface area (TPSA) is 67.2 Å². The van der Waals surface area contributed by atoms with Gasteiger partial charge in [0.05, 0.1) is 31.5 Å². The van der Waals surface area contributed by atoms with Crippen LogP contribution in [0.25, 0.3) is 0 Å². The van der Waals surface area contributed by atoms with E-state index in [2.05, 4.69) is 23.9 Å². The van der Waals surface area contributed by atoms with Crippen molar-refractivity contribution in [3.63, 3.8) is 0 Å². The molecule has 0 N–H and O–H groups in total. The van der Waals surface area contributed by atoms with Gasteiger partial charge >= 0.3 is 0 Å². The molecule has 8 heteroatoms. The summed E-state index contributed by atoms with van der Waals surface area (Å²) in [5, 5.41) is 0. The molecule has 2 bridgehead atoms. The van der Waals surface area contributed by atoms with E-state index in [1.165, 1.54) is 0 Å². The minimum absolute atomic E-state index is 0.132. The van der Waals surface area contributed by atoms with Crippen LogP contribution in [0.5, 0.6) is 0 Å². The molecule has 4 saturated heterocycles. The standard InChI is InChI=1S/C24H36N4O4/c1-17-5-7-27(9-8-26-10-12-31-13-11-26)22(29)21(17)23(30)28-15-19-18(14-25(2)3)20-4-6-24(19,16-28)32-20/h5,7,18-20H,4,6,8-16H2,1-3H3/t18-,19+,20+,24+/m1/s1. The third kappa shape index (κ3) is 3.81. The van der Waals surface area contributed by atoms with E-state index in [1.54, 1.807) is 4.57 Å². The molecule has 0 aliphatic carbocycles. The minimum Gasteiger partial charge on any atom is -0.379 e. The molecule has 8 nitrogen and oxygen atoms in total. The Labute approximate surface area is 190 Å². The molecule has 32 heavy (non-hydrogen) atoms. The van der Waals surface area contributed by atoms with Crippen molar-refractivity contribution < 1.29 is 14.3 Å². The second kappa shape index (κ2) is 8.56. The summed E-state index contributed by atoms with van der Waals surface area (Å²) in [6, 6.07) is 1.90. The number of likely N-dealkylation sites (tertiary alicyclic amines) is 1. The highest BCUT2D eigenvalue weighted by atomic mass is 16.5. The number of nitrogens with zero attached hydrogens (tertiary/aromatic N) is 4. The third-order valence-electron chi connectivity index (χ3n) is 8.00. The highest BCUT2D eigenvalue weighted by Gasteiger charge is 2.63. The van der Waals surface area contributed by atoms with Crippen molar-refractivity contribution in [1.82, 2.24) is 19.3 Å². The molecule has 0 aromatic carbocycles. The number of amides is 1. The summed E-state index contributed by atoms with van der Waals surface area (Å²) in [4.78, 5) is 33.3. The first-order valence-electron chi connectivity index (χ1n) is 12.0. The zero-order chi connectivity index (χ0) is 22.5. The van der Waals surface area contributed by atoms with Crippen molar-refractivity contribution >= 4 is 5.91 Å². The zero-order valence-electron chi connectivity index (χ0n) is 19.6. The first kappa shape index (κ1) is 22.1. The van der Waals surface area contributed by atoms with Crippen LogP contribution in [0.1, 0.15) is 28.8 Å². The van der Waals surface area contributed by atoms with Crippen LogP contribution in [0.15, 0.2) is 17.1 Å². The summed E-state index contributed by atoms with van der Waals surface area (Å²) in [6.07, 6.45) is 4.24. The Balaban J connectivity index is 1.33. The van der Waals surface area contributed by atoms with E-state index in [0.717, 1.165) is 57.8 Å². The molecule has 1 aromatic heterocycles. The van der Waals surface area contributed by atoms with Gasteiger partial charge in [-0.3, -0.25) is 14.5 Å². The molecule has 0 saturated carbocycles. The summed E-state index contributed by atoms with van der Waals surface area (Å²) in [5.74, 6) is 0.686. The number of carbonyl (C=O) groups is 1. The quantitative estimate of drug-likeness (QED) is 0.643. The van der Waals surface area contributed by atoms with Crippen LogP contribution in [-0.4, -0.2) is 103 Å². The van der Waals surface area contributed by atoms with Gasteiger partial charge in [-0.1, -0.05) is 0 Å². The molecular formula is C24H36N4O4. The summed E-state index contributed by atoms with van der Waals surface area (Å²) in [7, 11) is 4.20. The second-order valence-corrected chi connectivity index (χ2v) is 10.3. The van der Waals surface area contributed by atoms with Crippen LogP contribution in [0.4, 0.5) is 0 Å². The van der Waals surface area contributed by atoms with E-state index in [9.17, 15) is 9.59 Å². The SMILES string of the molecule is Cc1ccn(CCN2CCOCC2)c(=O)c1C(=O)N1C[C@H]2[C@@H](CN(C)C)[C@@H]3CC[C@@]2(C1)O3. The highest BCUT2D eigenvalue weighted by molar-refractivity contribution is 5.95. The molecule has 0 radical (unpaired) electrons. The normalized spacial score (nSPS) is 32.1. The van der Waals surface area contributed by atoms with Gasteiger partial charge in [0.1, 0.15) is 5.56 Å². The summed E-state index contributed by atoms with van der Waals surface area (Å²) in [5.41, 5.74) is 0.698. The maximum atomic E-state index is 13.6. The number of carbonyl (C=O) groups excluding carboxylic acids is 1. The fourth-order valence-corrected chi connectivity index (χ4v) is 6.34. The van der Waals surface area contributed by atoms with Crippen LogP contribution >= 0.6 is 0 Å². The van der Waals surface area contributed by atoms with Gasteiger partial charge in [0.25, 0.3) is 11.5 Å². The number of aryl methyl sites for hydroxylation is 1. The fourth-order valence-electron chi connectivity index (χ4n) is 6.34. The average Bonchev–Trinajstić information content (AvgIpc) is 3.43. The number of pyridine rings is 1. The van der Waals surface area contributed by atoms with Crippen LogP contribution in [-0.2, 0) is 16.0 Å². The Hall–Kier alpha value is -1.74. The van der Waals surface area contributed by atoms with E-state index < -0.39 is 0 Å². The Morgan fingerprint density at radius 2 is 2.03 bits per heavy atom. The number of hydrogen-bond acceptors (Lipinski definition) is 6. The molecule has 4 fully saturated rings. The van der Waals surface area contributed by atoms with Crippen LogP contribution < -0.4 is 5.56 Å². The minimum atomic E-state index is -0.209. The number of morpholine rings is 1. The number of aromatic nitrogens is 1. The van der Waals surface area contributed by atoms with E-state index >= 15 is 0 Å². The Kier molecular flexibility index (Phi) is 5.90. The summed E-state index contributed by atoms with van der Waals surface area (Å²) < 4.78 is 13.6. The molecular weight excluding hydrogens is 408 g/mol. The van der Waals surface area contributed by atoms with Crippen molar-refractivity contribution in [2.75, 3.05) is 66.6 Å². The number of fused-ring (bicyclic) bond motifs is 1. The van der Waals surface area contributed by atoms with Gasteiger partial charge in [-0.15, -0.1) is 0 Å². The predicted molar refractivity (Wildman–Crippen MR) is 121 cm³/mol.